The Balaban J connectivity index is 1.88. The third-order valence-corrected chi connectivity index (χ3v) is 3.76. The van der Waals surface area contributed by atoms with Gasteiger partial charge in [-0.25, -0.2) is 8.42 Å². The first-order valence-corrected chi connectivity index (χ1v) is 8.63. The van der Waals surface area contributed by atoms with E-state index in [1.165, 1.54) is 6.07 Å². The molecule has 0 radical (unpaired) electrons. The van der Waals surface area contributed by atoms with Gasteiger partial charge in [-0.05, 0) is 30.3 Å². The van der Waals surface area contributed by atoms with Gasteiger partial charge in [0, 0.05) is 11.1 Å². The molecular formula is C15H14N4O3S. The third kappa shape index (κ3) is 3.49. The summed E-state index contributed by atoms with van der Waals surface area (Å²) in [6.07, 6.45) is 2.69. The zero-order valence-electron chi connectivity index (χ0n) is 12.2. The van der Waals surface area contributed by atoms with E-state index in [2.05, 4.69) is 20.2 Å². The van der Waals surface area contributed by atoms with Crippen LogP contribution in [0.15, 0.2) is 48.7 Å². The van der Waals surface area contributed by atoms with Crippen LogP contribution in [0.3, 0.4) is 0 Å². The number of carbonyl (C=O) groups is 1. The summed E-state index contributed by atoms with van der Waals surface area (Å²) in [5, 5.41) is 10.4. The van der Waals surface area contributed by atoms with Gasteiger partial charge in [-0.2, -0.15) is 5.10 Å². The standard InChI is InChI=1S/C15H14N4O3S/c1-23(21,22)19-14-5-3-2-4-12(14)15(20)17-11-6-7-13-10(8-11)9-16-18-13/h2-9,19H,1H3,(H,16,18)(H,17,20). The quantitative estimate of drug-likeness (QED) is 0.682. The summed E-state index contributed by atoms with van der Waals surface area (Å²) in [4.78, 5) is 12.4. The molecule has 0 spiro atoms. The summed E-state index contributed by atoms with van der Waals surface area (Å²) in [6, 6.07) is 11.7. The molecule has 3 rings (SSSR count). The largest absolute Gasteiger partial charge is 0.322 e. The maximum absolute atomic E-state index is 12.4. The summed E-state index contributed by atoms with van der Waals surface area (Å²) >= 11 is 0. The summed E-state index contributed by atoms with van der Waals surface area (Å²) in [5.74, 6) is -0.403. The van der Waals surface area contributed by atoms with Crippen LogP contribution in [-0.2, 0) is 10.0 Å². The van der Waals surface area contributed by atoms with E-state index in [4.69, 9.17) is 0 Å². The first-order chi connectivity index (χ1) is 10.9. The Morgan fingerprint density at radius 3 is 2.74 bits per heavy atom. The zero-order chi connectivity index (χ0) is 16.4. The van der Waals surface area contributed by atoms with Crippen molar-refractivity contribution in [1.29, 1.82) is 0 Å². The minimum atomic E-state index is -3.47. The number of amides is 1. The number of benzene rings is 2. The number of sulfonamides is 1. The number of para-hydroxylation sites is 1. The first-order valence-electron chi connectivity index (χ1n) is 6.74. The molecule has 0 fully saturated rings. The SMILES string of the molecule is CS(=O)(=O)Nc1ccccc1C(=O)Nc1ccc2[nH]ncc2c1. The molecule has 7 nitrogen and oxygen atoms in total. The number of H-pyrrole nitrogens is 1. The van der Waals surface area contributed by atoms with Crippen molar-refractivity contribution in [1.82, 2.24) is 10.2 Å². The number of hydrogen-bond donors (Lipinski definition) is 3. The van der Waals surface area contributed by atoms with Crippen molar-refractivity contribution in [3.63, 3.8) is 0 Å². The molecule has 2 aromatic carbocycles. The van der Waals surface area contributed by atoms with Crippen molar-refractivity contribution in [2.75, 3.05) is 16.3 Å². The molecule has 0 aliphatic rings. The average Bonchev–Trinajstić information content (AvgIpc) is 2.93. The predicted octanol–water partition coefficient (Wildman–Crippen LogP) is 2.19. The fourth-order valence-corrected chi connectivity index (χ4v) is 2.77. The molecule has 0 aliphatic carbocycles. The number of anilines is 2. The Morgan fingerprint density at radius 1 is 1.17 bits per heavy atom. The zero-order valence-corrected chi connectivity index (χ0v) is 13.0. The van der Waals surface area contributed by atoms with Gasteiger partial charge in [0.2, 0.25) is 10.0 Å². The second kappa shape index (κ2) is 5.73. The Bertz CT molecular complexity index is 979. The highest BCUT2D eigenvalue weighted by atomic mass is 32.2. The van der Waals surface area contributed by atoms with Crippen LogP contribution in [0.25, 0.3) is 10.9 Å². The summed E-state index contributed by atoms with van der Waals surface area (Å²) in [7, 11) is -3.47. The van der Waals surface area contributed by atoms with Crippen molar-refractivity contribution in [2.45, 2.75) is 0 Å². The van der Waals surface area contributed by atoms with Crippen LogP contribution in [0.4, 0.5) is 11.4 Å². The Kier molecular flexibility index (Phi) is 3.75. The van der Waals surface area contributed by atoms with E-state index in [0.717, 1.165) is 17.2 Å². The fraction of sp³-hybridized carbons (Fsp3) is 0.0667. The maximum Gasteiger partial charge on any atom is 0.257 e. The van der Waals surface area contributed by atoms with E-state index in [1.54, 1.807) is 42.6 Å². The van der Waals surface area contributed by atoms with Crippen molar-refractivity contribution < 1.29 is 13.2 Å². The number of carbonyl (C=O) groups excluding carboxylic acids is 1. The van der Waals surface area contributed by atoms with Gasteiger partial charge in [0.25, 0.3) is 5.91 Å². The monoisotopic (exact) mass is 330 g/mol. The molecule has 8 heteroatoms. The van der Waals surface area contributed by atoms with Crippen LogP contribution in [0.1, 0.15) is 10.4 Å². The minimum Gasteiger partial charge on any atom is -0.322 e. The third-order valence-electron chi connectivity index (χ3n) is 3.17. The molecule has 0 aliphatic heterocycles. The van der Waals surface area contributed by atoms with Gasteiger partial charge < -0.3 is 5.32 Å². The second-order valence-electron chi connectivity index (χ2n) is 5.05. The number of aromatic amines is 1. The van der Waals surface area contributed by atoms with E-state index in [-0.39, 0.29) is 11.3 Å². The highest BCUT2D eigenvalue weighted by Gasteiger charge is 2.14. The Hall–Kier alpha value is -2.87. The van der Waals surface area contributed by atoms with Crippen LogP contribution in [-0.4, -0.2) is 30.8 Å². The maximum atomic E-state index is 12.4. The number of nitrogens with one attached hydrogen (secondary N) is 3. The van der Waals surface area contributed by atoms with Crippen molar-refractivity contribution in [3.05, 3.63) is 54.2 Å². The molecule has 1 amide bonds. The van der Waals surface area contributed by atoms with Crippen LogP contribution in [0.5, 0.6) is 0 Å². The Morgan fingerprint density at radius 2 is 1.96 bits per heavy atom. The lowest BCUT2D eigenvalue weighted by molar-refractivity contribution is 0.102. The average molecular weight is 330 g/mol. The lowest BCUT2D eigenvalue weighted by Gasteiger charge is -2.11. The van der Waals surface area contributed by atoms with Crippen LogP contribution in [0, 0.1) is 0 Å². The number of fused-ring (bicyclic) bond motifs is 1. The normalized spacial score (nSPS) is 11.3. The fourth-order valence-electron chi connectivity index (χ4n) is 2.19. The highest BCUT2D eigenvalue weighted by Crippen LogP contribution is 2.20. The van der Waals surface area contributed by atoms with Gasteiger partial charge in [0.05, 0.1) is 29.2 Å². The molecule has 0 saturated heterocycles. The van der Waals surface area contributed by atoms with E-state index in [9.17, 15) is 13.2 Å². The van der Waals surface area contributed by atoms with Gasteiger partial charge >= 0.3 is 0 Å². The van der Waals surface area contributed by atoms with Gasteiger partial charge in [0.1, 0.15) is 0 Å². The van der Waals surface area contributed by atoms with Crippen LogP contribution >= 0.6 is 0 Å². The second-order valence-corrected chi connectivity index (χ2v) is 6.79. The molecule has 118 valence electrons. The minimum absolute atomic E-state index is 0.233. The molecule has 3 aromatic rings. The molecule has 3 N–H and O–H groups in total. The van der Waals surface area contributed by atoms with Gasteiger partial charge in [-0.3, -0.25) is 14.6 Å². The van der Waals surface area contributed by atoms with Gasteiger partial charge in [-0.1, -0.05) is 12.1 Å². The number of rotatable bonds is 4. The summed E-state index contributed by atoms with van der Waals surface area (Å²) in [6.45, 7) is 0. The smallest absolute Gasteiger partial charge is 0.257 e. The highest BCUT2D eigenvalue weighted by molar-refractivity contribution is 7.92. The van der Waals surface area contributed by atoms with Gasteiger partial charge in [0.15, 0.2) is 0 Å². The molecule has 23 heavy (non-hydrogen) atoms. The van der Waals surface area contributed by atoms with Crippen molar-refractivity contribution >= 4 is 38.2 Å². The summed E-state index contributed by atoms with van der Waals surface area (Å²) < 4.78 is 25.1. The molecule has 1 aromatic heterocycles. The molecule has 0 unspecified atom stereocenters. The molecule has 0 atom stereocenters. The lowest BCUT2D eigenvalue weighted by atomic mass is 10.1. The number of aromatic nitrogens is 2. The predicted molar refractivity (Wildman–Crippen MR) is 89.0 cm³/mol. The van der Waals surface area contributed by atoms with Crippen molar-refractivity contribution in [2.24, 2.45) is 0 Å². The lowest BCUT2D eigenvalue weighted by Crippen LogP contribution is -2.17. The topological polar surface area (TPSA) is 104 Å². The molecule has 0 saturated carbocycles. The van der Waals surface area contributed by atoms with Crippen molar-refractivity contribution in [3.8, 4) is 0 Å². The summed E-state index contributed by atoms with van der Waals surface area (Å²) in [5.41, 5.74) is 1.93. The number of hydrogen-bond acceptors (Lipinski definition) is 4. The Labute approximate surface area is 132 Å². The van der Waals surface area contributed by atoms with Gasteiger partial charge in [-0.15, -0.1) is 0 Å². The van der Waals surface area contributed by atoms with E-state index in [1.807, 2.05) is 0 Å². The molecular weight excluding hydrogens is 316 g/mol. The van der Waals surface area contributed by atoms with Crippen LogP contribution < -0.4 is 10.0 Å². The van der Waals surface area contributed by atoms with E-state index < -0.39 is 15.9 Å². The van der Waals surface area contributed by atoms with Crippen LogP contribution in [0.2, 0.25) is 0 Å². The van der Waals surface area contributed by atoms with E-state index in [0.29, 0.717) is 5.69 Å². The number of nitrogens with zero attached hydrogens (tertiary/aromatic N) is 1. The molecule has 0 bridgehead atoms. The van der Waals surface area contributed by atoms with E-state index >= 15 is 0 Å². The molecule has 1 heterocycles. The first kappa shape index (κ1) is 15.0.